The van der Waals surface area contributed by atoms with Gasteiger partial charge in [0.25, 0.3) is 5.91 Å². The van der Waals surface area contributed by atoms with Crippen LogP contribution in [0.2, 0.25) is 0 Å². The van der Waals surface area contributed by atoms with Gasteiger partial charge < -0.3 is 10.1 Å². The predicted octanol–water partition coefficient (Wildman–Crippen LogP) is 4.78. The molecule has 0 bridgehead atoms. The van der Waals surface area contributed by atoms with Crippen molar-refractivity contribution in [1.82, 2.24) is 10.8 Å². The number of hydrogen-bond acceptors (Lipinski definition) is 4. The Morgan fingerprint density at radius 1 is 0.750 bits per heavy atom. The van der Waals surface area contributed by atoms with Gasteiger partial charge in [0.2, 0.25) is 5.91 Å². The normalized spacial score (nSPS) is 11.8. The number of ether oxygens (including phenoxy) is 1. The average molecular weight is 481 g/mol. The average Bonchev–Trinajstić information content (AvgIpc) is 2.95. The fourth-order valence-corrected chi connectivity index (χ4v) is 4.59. The molecule has 0 aliphatic rings. The molecule has 0 heterocycles. The van der Waals surface area contributed by atoms with Gasteiger partial charge in [0.15, 0.2) is 0 Å². The second-order valence-corrected chi connectivity index (χ2v) is 8.43. The third kappa shape index (κ3) is 5.14. The van der Waals surface area contributed by atoms with Crippen molar-refractivity contribution >= 4 is 11.8 Å². The minimum atomic E-state index is -1.09. The summed E-state index contributed by atoms with van der Waals surface area (Å²) < 4.78 is 5.19. The van der Waals surface area contributed by atoms with Crippen LogP contribution in [0.1, 0.15) is 34.7 Å². The highest BCUT2D eigenvalue weighted by molar-refractivity contribution is 5.89. The number of hydroxylamine groups is 1. The molecule has 1 atom stereocenters. The molecule has 0 spiro atoms. The molecule has 3 N–H and O–H groups in total. The predicted molar refractivity (Wildman–Crippen MR) is 138 cm³/mol. The van der Waals surface area contributed by atoms with Crippen LogP contribution in [0, 0.1) is 0 Å². The van der Waals surface area contributed by atoms with E-state index < -0.39 is 17.4 Å². The zero-order valence-electron chi connectivity index (χ0n) is 19.9. The molecule has 0 aliphatic carbocycles. The van der Waals surface area contributed by atoms with Crippen molar-refractivity contribution < 1.29 is 19.5 Å². The minimum Gasteiger partial charge on any atom is -0.497 e. The first-order chi connectivity index (χ1) is 17.6. The molecule has 6 nitrogen and oxygen atoms in total. The van der Waals surface area contributed by atoms with Crippen LogP contribution in [0.3, 0.4) is 0 Å². The highest BCUT2D eigenvalue weighted by Crippen LogP contribution is 2.42. The number of amides is 2. The van der Waals surface area contributed by atoms with E-state index in [0.717, 1.165) is 16.7 Å². The number of carbonyl (C=O) groups excluding carboxylic acids is 2. The zero-order valence-corrected chi connectivity index (χ0v) is 19.9. The van der Waals surface area contributed by atoms with Crippen molar-refractivity contribution in [1.29, 1.82) is 0 Å². The Kier molecular flexibility index (Phi) is 7.78. The molecule has 4 rings (SSSR count). The third-order valence-corrected chi connectivity index (χ3v) is 6.35. The van der Waals surface area contributed by atoms with E-state index in [1.54, 1.807) is 36.9 Å². The van der Waals surface area contributed by atoms with Gasteiger partial charge in [-0.3, -0.25) is 14.8 Å². The van der Waals surface area contributed by atoms with Crippen LogP contribution >= 0.6 is 0 Å². The lowest BCUT2D eigenvalue weighted by atomic mass is 9.67. The minimum absolute atomic E-state index is 0.0381. The molecule has 0 radical (unpaired) electrons. The summed E-state index contributed by atoms with van der Waals surface area (Å²) in [4.78, 5) is 26.3. The van der Waals surface area contributed by atoms with Crippen LogP contribution in [0.4, 0.5) is 0 Å². The van der Waals surface area contributed by atoms with Crippen molar-refractivity contribution in [2.24, 2.45) is 0 Å². The topological polar surface area (TPSA) is 87.7 Å². The molecule has 36 heavy (non-hydrogen) atoms. The molecule has 2 amide bonds. The summed E-state index contributed by atoms with van der Waals surface area (Å²) in [5.74, 6) is -0.473. The Bertz CT molecular complexity index is 1180. The van der Waals surface area contributed by atoms with Gasteiger partial charge in [0.05, 0.1) is 12.5 Å². The van der Waals surface area contributed by atoms with Crippen LogP contribution in [-0.2, 0) is 15.0 Å². The van der Waals surface area contributed by atoms with Gasteiger partial charge >= 0.3 is 0 Å². The molecule has 0 saturated carbocycles. The smallest absolute Gasteiger partial charge is 0.270 e. The summed E-state index contributed by atoms with van der Waals surface area (Å²) in [6, 6.07) is 35.2. The summed E-state index contributed by atoms with van der Waals surface area (Å²) in [6.07, 6.45) is 0.0381. The molecule has 0 saturated heterocycles. The summed E-state index contributed by atoms with van der Waals surface area (Å²) in [7, 11) is 1.55. The lowest BCUT2D eigenvalue weighted by Gasteiger charge is -2.36. The third-order valence-electron chi connectivity index (χ3n) is 6.35. The quantitative estimate of drug-likeness (QED) is 0.183. The largest absolute Gasteiger partial charge is 0.497 e. The maximum Gasteiger partial charge on any atom is 0.270 e. The number of benzene rings is 4. The molecule has 182 valence electrons. The van der Waals surface area contributed by atoms with E-state index in [4.69, 9.17) is 4.74 Å². The summed E-state index contributed by atoms with van der Waals surface area (Å²) >= 11 is 0. The maximum atomic E-state index is 13.7. The van der Waals surface area contributed by atoms with E-state index in [1.165, 1.54) is 0 Å². The standard InChI is InChI=1S/C30H28N2O4/c1-36-26-19-17-22(18-20-26)28(29(34)32-35)31-27(33)21-30(23-11-5-2-6-12-23,24-13-7-3-8-14-24)25-15-9-4-10-16-25/h2-20,28,35H,21H2,1H3,(H,31,33)(H,32,34)/t28-/m1/s1. The van der Waals surface area contributed by atoms with E-state index in [0.29, 0.717) is 11.3 Å². The number of rotatable bonds is 9. The monoisotopic (exact) mass is 480 g/mol. The lowest BCUT2D eigenvalue weighted by Crippen LogP contribution is -2.43. The Morgan fingerprint density at radius 2 is 1.19 bits per heavy atom. The van der Waals surface area contributed by atoms with Crippen molar-refractivity contribution in [2.75, 3.05) is 7.11 Å². The van der Waals surface area contributed by atoms with Crippen molar-refractivity contribution in [3.8, 4) is 5.75 Å². The molecule has 4 aromatic carbocycles. The molecule has 4 aromatic rings. The summed E-state index contributed by atoms with van der Waals surface area (Å²) in [5, 5.41) is 12.2. The van der Waals surface area contributed by atoms with E-state index in [2.05, 4.69) is 5.32 Å². The van der Waals surface area contributed by atoms with Crippen LogP contribution in [0.25, 0.3) is 0 Å². The van der Waals surface area contributed by atoms with Gasteiger partial charge in [-0.25, -0.2) is 5.48 Å². The zero-order chi connectivity index (χ0) is 25.4. The number of carbonyl (C=O) groups is 2. The lowest BCUT2D eigenvalue weighted by molar-refractivity contribution is -0.135. The van der Waals surface area contributed by atoms with Gasteiger partial charge in [0, 0.05) is 6.42 Å². The molecule has 0 aliphatic heterocycles. The molecule has 6 heteroatoms. The summed E-state index contributed by atoms with van der Waals surface area (Å²) in [6.45, 7) is 0. The fourth-order valence-electron chi connectivity index (χ4n) is 4.59. The first-order valence-electron chi connectivity index (χ1n) is 11.6. The van der Waals surface area contributed by atoms with E-state index in [1.807, 2.05) is 91.0 Å². The molecular weight excluding hydrogens is 452 g/mol. The van der Waals surface area contributed by atoms with Crippen molar-refractivity contribution in [2.45, 2.75) is 17.9 Å². The second kappa shape index (κ2) is 11.3. The SMILES string of the molecule is COc1ccc([C@@H](NC(=O)CC(c2ccccc2)(c2ccccc2)c2ccccc2)C(=O)NO)cc1. The number of nitrogens with one attached hydrogen (secondary N) is 2. The van der Waals surface area contributed by atoms with Crippen molar-refractivity contribution in [3.63, 3.8) is 0 Å². The van der Waals surface area contributed by atoms with Crippen molar-refractivity contribution in [3.05, 3.63) is 138 Å². The van der Waals surface area contributed by atoms with Crippen LogP contribution in [-0.4, -0.2) is 24.1 Å². The molecule has 0 fully saturated rings. The Balaban J connectivity index is 1.77. The highest BCUT2D eigenvalue weighted by Gasteiger charge is 2.39. The van der Waals surface area contributed by atoms with Crippen LogP contribution < -0.4 is 15.5 Å². The fraction of sp³-hybridized carbons (Fsp3) is 0.133. The first kappa shape index (κ1) is 24.7. The van der Waals surface area contributed by atoms with Crippen LogP contribution in [0.15, 0.2) is 115 Å². The second-order valence-electron chi connectivity index (χ2n) is 8.43. The molecule has 0 unspecified atom stereocenters. The number of hydrogen-bond donors (Lipinski definition) is 3. The highest BCUT2D eigenvalue weighted by atomic mass is 16.5. The van der Waals surface area contributed by atoms with E-state index in [9.17, 15) is 14.8 Å². The Morgan fingerprint density at radius 3 is 1.58 bits per heavy atom. The van der Waals surface area contributed by atoms with E-state index in [-0.39, 0.29) is 12.3 Å². The maximum absolute atomic E-state index is 13.7. The summed E-state index contributed by atoms with van der Waals surface area (Å²) in [5.41, 5.74) is 4.22. The van der Waals surface area contributed by atoms with Gasteiger partial charge in [-0.05, 0) is 34.4 Å². The van der Waals surface area contributed by atoms with Crippen LogP contribution in [0.5, 0.6) is 5.75 Å². The first-order valence-corrected chi connectivity index (χ1v) is 11.6. The Labute approximate surface area is 210 Å². The van der Waals surface area contributed by atoms with Gasteiger partial charge in [-0.1, -0.05) is 103 Å². The molecular formula is C30H28N2O4. The molecule has 0 aromatic heterocycles. The van der Waals surface area contributed by atoms with Gasteiger partial charge in [-0.15, -0.1) is 0 Å². The van der Waals surface area contributed by atoms with Gasteiger partial charge in [-0.2, -0.15) is 0 Å². The van der Waals surface area contributed by atoms with E-state index >= 15 is 0 Å². The Hall–Kier alpha value is -4.42. The number of methoxy groups -OCH3 is 1. The van der Waals surface area contributed by atoms with Gasteiger partial charge in [0.1, 0.15) is 11.8 Å².